The lowest BCUT2D eigenvalue weighted by Crippen LogP contribution is -2.17. The Morgan fingerprint density at radius 2 is 2.31 bits per heavy atom. The zero-order valence-electron chi connectivity index (χ0n) is 7.86. The number of hydrogen-bond acceptors (Lipinski definition) is 2. The molecule has 1 heterocycles. The standard InChI is InChI=1S/C9H14N2O2/c1-7(2)8(6-11(12)13)9-4-3-5-10-9/h3-5,7-8,10H,6H2,1-2H3. The van der Waals surface area contributed by atoms with Gasteiger partial charge in [0.2, 0.25) is 6.54 Å². The van der Waals surface area contributed by atoms with Gasteiger partial charge in [-0.1, -0.05) is 13.8 Å². The van der Waals surface area contributed by atoms with Gasteiger partial charge in [-0.3, -0.25) is 10.1 Å². The smallest absolute Gasteiger partial charge is 0.212 e. The summed E-state index contributed by atoms with van der Waals surface area (Å²) < 4.78 is 0. The molecule has 13 heavy (non-hydrogen) atoms. The molecule has 0 saturated heterocycles. The number of hydrogen-bond donors (Lipinski definition) is 1. The average molecular weight is 182 g/mol. The third-order valence-corrected chi connectivity index (χ3v) is 2.17. The van der Waals surface area contributed by atoms with E-state index in [1.807, 2.05) is 26.0 Å². The molecule has 0 amide bonds. The summed E-state index contributed by atoms with van der Waals surface area (Å²) >= 11 is 0. The number of rotatable bonds is 4. The molecule has 1 N–H and O–H groups in total. The SMILES string of the molecule is CC(C)C(C[N+](=O)[O-])c1ccc[nH]1. The van der Waals surface area contributed by atoms with Crippen LogP contribution in [0.1, 0.15) is 25.5 Å². The van der Waals surface area contributed by atoms with Gasteiger partial charge in [0.15, 0.2) is 0 Å². The quantitative estimate of drug-likeness (QED) is 0.572. The molecule has 1 aromatic rings. The first kappa shape index (κ1) is 9.77. The lowest BCUT2D eigenvalue weighted by atomic mass is 9.93. The summed E-state index contributed by atoms with van der Waals surface area (Å²) in [5.74, 6) is 0.272. The minimum absolute atomic E-state index is 0.00181. The molecule has 4 nitrogen and oxygen atoms in total. The fourth-order valence-electron chi connectivity index (χ4n) is 1.40. The van der Waals surface area contributed by atoms with Crippen LogP contribution in [0.3, 0.4) is 0 Å². The van der Waals surface area contributed by atoms with E-state index < -0.39 is 0 Å². The van der Waals surface area contributed by atoms with Crippen molar-refractivity contribution in [3.63, 3.8) is 0 Å². The van der Waals surface area contributed by atoms with E-state index in [0.717, 1.165) is 5.69 Å². The minimum atomic E-state index is -0.258. The second-order valence-electron chi connectivity index (χ2n) is 3.49. The molecule has 0 aromatic carbocycles. The van der Waals surface area contributed by atoms with Crippen LogP contribution in [0.4, 0.5) is 0 Å². The molecule has 0 aliphatic rings. The van der Waals surface area contributed by atoms with Gasteiger partial charge in [-0.25, -0.2) is 0 Å². The third-order valence-electron chi connectivity index (χ3n) is 2.17. The Labute approximate surface area is 77.1 Å². The van der Waals surface area contributed by atoms with Crippen LogP contribution in [-0.4, -0.2) is 16.5 Å². The third kappa shape index (κ3) is 2.57. The van der Waals surface area contributed by atoms with Crippen molar-refractivity contribution >= 4 is 0 Å². The van der Waals surface area contributed by atoms with Crippen LogP contribution in [0, 0.1) is 16.0 Å². The molecule has 1 unspecified atom stereocenters. The highest BCUT2D eigenvalue weighted by molar-refractivity contribution is 5.10. The lowest BCUT2D eigenvalue weighted by molar-refractivity contribution is -0.484. The van der Waals surface area contributed by atoms with Crippen molar-refractivity contribution in [1.82, 2.24) is 4.98 Å². The van der Waals surface area contributed by atoms with E-state index in [1.54, 1.807) is 6.20 Å². The van der Waals surface area contributed by atoms with Crippen molar-refractivity contribution in [3.8, 4) is 0 Å². The normalized spacial score (nSPS) is 13.2. The Kier molecular flexibility index (Phi) is 3.06. The molecule has 1 rings (SSSR count). The second kappa shape index (κ2) is 4.07. The van der Waals surface area contributed by atoms with Crippen molar-refractivity contribution in [2.45, 2.75) is 19.8 Å². The number of H-pyrrole nitrogens is 1. The highest BCUT2D eigenvalue weighted by Crippen LogP contribution is 2.22. The lowest BCUT2D eigenvalue weighted by Gasteiger charge is -2.14. The average Bonchev–Trinajstić information content (AvgIpc) is 2.50. The summed E-state index contributed by atoms with van der Waals surface area (Å²) in [7, 11) is 0. The summed E-state index contributed by atoms with van der Waals surface area (Å²) in [6, 6.07) is 3.76. The van der Waals surface area contributed by atoms with Crippen molar-refractivity contribution < 1.29 is 4.92 Å². The molecule has 4 heteroatoms. The highest BCUT2D eigenvalue weighted by Gasteiger charge is 2.21. The number of nitro groups is 1. The van der Waals surface area contributed by atoms with E-state index in [4.69, 9.17) is 0 Å². The van der Waals surface area contributed by atoms with E-state index in [0.29, 0.717) is 0 Å². The Morgan fingerprint density at radius 1 is 1.62 bits per heavy atom. The molecule has 0 spiro atoms. The van der Waals surface area contributed by atoms with Gasteiger partial charge in [-0.05, 0) is 18.1 Å². The van der Waals surface area contributed by atoms with Gasteiger partial charge in [0.1, 0.15) is 0 Å². The summed E-state index contributed by atoms with van der Waals surface area (Å²) in [6.07, 6.45) is 1.80. The summed E-state index contributed by atoms with van der Waals surface area (Å²) in [6.45, 7) is 3.99. The maximum absolute atomic E-state index is 10.4. The van der Waals surface area contributed by atoms with Crippen molar-refractivity contribution in [2.75, 3.05) is 6.54 Å². The maximum Gasteiger partial charge on any atom is 0.212 e. The van der Waals surface area contributed by atoms with E-state index >= 15 is 0 Å². The molecule has 1 atom stereocenters. The van der Waals surface area contributed by atoms with Gasteiger partial charge in [0.05, 0.1) is 5.92 Å². The van der Waals surface area contributed by atoms with Gasteiger partial charge >= 0.3 is 0 Å². The van der Waals surface area contributed by atoms with Gasteiger partial charge in [0, 0.05) is 16.8 Å². The molecule has 72 valence electrons. The Morgan fingerprint density at radius 3 is 2.69 bits per heavy atom. The number of nitrogens with one attached hydrogen (secondary N) is 1. The molecule has 0 aliphatic heterocycles. The van der Waals surface area contributed by atoms with Crippen LogP contribution >= 0.6 is 0 Å². The van der Waals surface area contributed by atoms with Gasteiger partial charge < -0.3 is 4.98 Å². The first-order valence-electron chi connectivity index (χ1n) is 4.36. The zero-order valence-corrected chi connectivity index (χ0v) is 7.86. The Bertz CT molecular complexity index is 267. The molecule has 0 fully saturated rings. The number of aromatic nitrogens is 1. The first-order chi connectivity index (χ1) is 6.11. The van der Waals surface area contributed by atoms with E-state index in [-0.39, 0.29) is 23.3 Å². The van der Waals surface area contributed by atoms with Gasteiger partial charge in [-0.15, -0.1) is 0 Å². The van der Waals surface area contributed by atoms with Crippen LogP contribution in [0.5, 0.6) is 0 Å². The van der Waals surface area contributed by atoms with Crippen LogP contribution in [0.15, 0.2) is 18.3 Å². The van der Waals surface area contributed by atoms with Crippen molar-refractivity contribution in [2.24, 2.45) is 5.92 Å². The zero-order chi connectivity index (χ0) is 9.84. The Balaban J connectivity index is 2.74. The highest BCUT2D eigenvalue weighted by atomic mass is 16.6. The summed E-state index contributed by atoms with van der Waals surface area (Å²) in [5.41, 5.74) is 0.951. The van der Waals surface area contributed by atoms with E-state index in [2.05, 4.69) is 4.98 Å². The first-order valence-corrected chi connectivity index (χ1v) is 4.36. The van der Waals surface area contributed by atoms with Gasteiger partial charge in [-0.2, -0.15) is 0 Å². The summed E-state index contributed by atoms with van der Waals surface area (Å²) in [4.78, 5) is 13.2. The van der Waals surface area contributed by atoms with E-state index in [1.165, 1.54) is 0 Å². The van der Waals surface area contributed by atoms with Gasteiger partial charge in [0.25, 0.3) is 0 Å². The molecule has 0 bridgehead atoms. The fraction of sp³-hybridized carbons (Fsp3) is 0.556. The Hall–Kier alpha value is -1.32. The molecule has 0 aliphatic carbocycles. The number of nitrogens with zero attached hydrogens (tertiary/aromatic N) is 1. The van der Waals surface area contributed by atoms with Crippen LogP contribution in [-0.2, 0) is 0 Å². The maximum atomic E-state index is 10.4. The fourth-order valence-corrected chi connectivity index (χ4v) is 1.40. The molecule has 0 radical (unpaired) electrons. The van der Waals surface area contributed by atoms with Crippen molar-refractivity contribution in [1.29, 1.82) is 0 Å². The predicted molar refractivity (Wildman–Crippen MR) is 50.2 cm³/mol. The predicted octanol–water partition coefficient (Wildman–Crippen LogP) is 2.03. The monoisotopic (exact) mass is 182 g/mol. The topological polar surface area (TPSA) is 58.9 Å². The molecule has 1 aromatic heterocycles. The minimum Gasteiger partial charge on any atom is -0.365 e. The van der Waals surface area contributed by atoms with Crippen LogP contribution < -0.4 is 0 Å². The summed E-state index contributed by atoms with van der Waals surface area (Å²) in [5, 5.41) is 10.4. The van der Waals surface area contributed by atoms with Crippen LogP contribution in [0.2, 0.25) is 0 Å². The molecular formula is C9H14N2O2. The largest absolute Gasteiger partial charge is 0.365 e. The van der Waals surface area contributed by atoms with Crippen molar-refractivity contribution in [3.05, 3.63) is 34.1 Å². The molecular weight excluding hydrogens is 168 g/mol. The number of aromatic amines is 1. The second-order valence-corrected chi connectivity index (χ2v) is 3.49. The van der Waals surface area contributed by atoms with Crippen LogP contribution in [0.25, 0.3) is 0 Å². The van der Waals surface area contributed by atoms with E-state index in [9.17, 15) is 10.1 Å². The molecule has 0 saturated carbocycles.